The van der Waals surface area contributed by atoms with E-state index in [2.05, 4.69) is 11.9 Å². The Morgan fingerprint density at radius 3 is 2.48 bits per heavy atom. The minimum atomic E-state index is -0.889. The van der Waals surface area contributed by atoms with Gasteiger partial charge in [-0.3, -0.25) is 9.36 Å². The first kappa shape index (κ1) is 15.7. The summed E-state index contributed by atoms with van der Waals surface area (Å²) in [5.41, 5.74) is 1.71. The highest BCUT2D eigenvalue weighted by molar-refractivity contribution is 5.70. The molecule has 1 aromatic rings. The molecule has 2 rings (SSSR count). The van der Waals surface area contributed by atoms with Crippen molar-refractivity contribution in [1.82, 2.24) is 9.55 Å². The van der Waals surface area contributed by atoms with Gasteiger partial charge in [-0.25, -0.2) is 4.79 Å². The van der Waals surface area contributed by atoms with E-state index in [9.17, 15) is 9.59 Å². The Bertz CT molecular complexity index is 584. The Kier molecular flexibility index (Phi) is 4.80. The van der Waals surface area contributed by atoms with E-state index in [1.54, 1.807) is 11.5 Å². The molecule has 1 aromatic heterocycles. The summed E-state index contributed by atoms with van der Waals surface area (Å²) >= 11 is 0. The van der Waals surface area contributed by atoms with E-state index in [1.165, 1.54) is 12.8 Å². The molecule has 0 aliphatic heterocycles. The maximum Gasteiger partial charge on any atom is 0.347 e. The van der Waals surface area contributed by atoms with Gasteiger partial charge in [0.1, 0.15) is 0 Å². The number of carboxylic acid groups (broad SMARTS) is 1. The summed E-state index contributed by atoms with van der Waals surface area (Å²) in [4.78, 5) is 27.1. The first-order chi connectivity index (χ1) is 9.88. The fraction of sp³-hybridized carbons (Fsp3) is 0.688. The number of aromatic nitrogens is 2. The number of nitrogens with zero attached hydrogens (tertiary/aromatic N) is 2. The Morgan fingerprint density at radius 1 is 1.29 bits per heavy atom. The predicted octanol–water partition coefficient (Wildman–Crippen LogP) is 2.31. The van der Waals surface area contributed by atoms with Crippen LogP contribution >= 0.6 is 0 Å². The minimum Gasteiger partial charge on any atom is -0.481 e. The second-order valence-corrected chi connectivity index (χ2v) is 6.35. The highest BCUT2D eigenvalue weighted by Crippen LogP contribution is 2.29. The number of hydrogen-bond donors (Lipinski definition) is 1. The number of hydrogen-bond acceptors (Lipinski definition) is 3. The molecule has 0 spiro atoms. The maximum absolute atomic E-state index is 12.1. The van der Waals surface area contributed by atoms with Gasteiger partial charge in [0.15, 0.2) is 0 Å². The molecule has 5 heteroatoms. The van der Waals surface area contributed by atoms with Crippen molar-refractivity contribution in [1.29, 1.82) is 0 Å². The van der Waals surface area contributed by atoms with Gasteiger partial charge in [-0.1, -0.05) is 19.8 Å². The first-order valence-electron chi connectivity index (χ1n) is 7.67. The lowest BCUT2D eigenvalue weighted by atomic mass is 9.83. The van der Waals surface area contributed by atoms with Crippen molar-refractivity contribution in [3.8, 4) is 0 Å². The van der Waals surface area contributed by atoms with Crippen molar-refractivity contribution < 1.29 is 9.90 Å². The Labute approximate surface area is 125 Å². The van der Waals surface area contributed by atoms with E-state index < -0.39 is 5.97 Å². The van der Waals surface area contributed by atoms with E-state index >= 15 is 0 Å². The molecule has 21 heavy (non-hydrogen) atoms. The van der Waals surface area contributed by atoms with Gasteiger partial charge in [-0.05, 0) is 38.5 Å². The highest BCUT2D eigenvalue weighted by atomic mass is 16.4. The van der Waals surface area contributed by atoms with E-state index in [1.807, 2.05) is 6.92 Å². The number of carbonyl (C=O) groups is 1. The van der Waals surface area contributed by atoms with Crippen LogP contribution in [0.2, 0.25) is 0 Å². The Balaban J connectivity index is 2.26. The van der Waals surface area contributed by atoms with Crippen LogP contribution in [0, 0.1) is 25.7 Å². The quantitative estimate of drug-likeness (QED) is 0.924. The molecule has 1 fully saturated rings. The normalized spacial score (nSPS) is 22.2. The molecule has 0 unspecified atom stereocenters. The molecule has 0 saturated heterocycles. The molecule has 0 atom stereocenters. The van der Waals surface area contributed by atoms with Crippen LogP contribution in [0.4, 0.5) is 0 Å². The third-order valence-corrected chi connectivity index (χ3v) is 4.68. The van der Waals surface area contributed by atoms with Gasteiger partial charge >= 0.3 is 11.7 Å². The smallest absolute Gasteiger partial charge is 0.347 e. The number of aliphatic carboxylic acids is 1. The second-order valence-electron chi connectivity index (χ2n) is 6.35. The van der Waals surface area contributed by atoms with Crippen LogP contribution in [0.3, 0.4) is 0 Å². The molecule has 1 aliphatic carbocycles. The fourth-order valence-corrected chi connectivity index (χ4v) is 3.23. The third kappa shape index (κ3) is 3.71. The standard InChI is InChI=1S/C16H24N2O3/c1-10-4-6-13(7-5-10)9-18-12(3)14(8-15(19)20)11(2)17-16(18)21/h10,13H,4-9H2,1-3H3,(H,19,20). The van der Waals surface area contributed by atoms with Crippen LogP contribution in [-0.4, -0.2) is 20.6 Å². The SMILES string of the molecule is Cc1nc(=O)n(CC2CCC(C)CC2)c(C)c1CC(=O)O. The predicted molar refractivity (Wildman–Crippen MR) is 80.4 cm³/mol. The molecule has 1 aliphatic rings. The van der Waals surface area contributed by atoms with Crippen LogP contribution < -0.4 is 5.69 Å². The topological polar surface area (TPSA) is 72.2 Å². The summed E-state index contributed by atoms with van der Waals surface area (Å²) in [5.74, 6) is 0.386. The largest absolute Gasteiger partial charge is 0.481 e. The Hall–Kier alpha value is -1.65. The van der Waals surface area contributed by atoms with Gasteiger partial charge in [0.05, 0.1) is 6.42 Å². The molecule has 1 heterocycles. The minimum absolute atomic E-state index is 0.0767. The second kappa shape index (κ2) is 6.41. The van der Waals surface area contributed by atoms with E-state index in [4.69, 9.17) is 5.11 Å². The van der Waals surface area contributed by atoms with Gasteiger partial charge in [0, 0.05) is 23.5 Å². The highest BCUT2D eigenvalue weighted by Gasteiger charge is 2.21. The van der Waals surface area contributed by atoms with E-state index in [0.29, 0.717) is 23.7 Å². The summed E-state index contributed by atoms with van der Waals surface area (Å²) in [5, 5.41) is 9.01. The molecule has 1 N–H and O–H groups in total. The van der Waals surface area contributed by atoms with Crippen LogP contribution in [0.25, 0.3) is 0 Å². The lowest BCUT2D eigenvalue weighted by Crippen LogP contribution is -2.32. The van der Waals surface area contributed by atoms with Gasteiger partial charge in [0.25, 0.3) is 0 Å². The average Bonchev–Trinajstić information content (AvgIpc) is 2.41. The van der Waals surface area contributed by atoms with Crippen LogP contribution in [-0.2, 0) is 17.8 Å². The van der Waals surface area contributed by atoms with Gasteiger partial charge in [-0.15, -0.1) is 0 Å². The first-order valence-corrected chi connectivity index (χ1v) is 7.67. The van der Waals surface area contributed by atoms with Crippen molar-refractivity contribution in [2.45, 2.75) is 59.4 Å². The number of aryl methyl sites for hydroxylation is 1. The van der Waals surface area contributed by atoms with Crippen molar-refractivity contribution in [3.05, 3.63) is 27.4 Å². The van der Waals surface area contributed by atoms with E-state index in [-0.39, 0.29) is 12.1 Å². The third-order valence-electron chi connectivity index (χ3n) is 4.68. The summed E-state index contributed by atoms with van der Waals surface area (Å²) in [6.07, 6.45) is 4.61. The summed E-state index contributed by atoms with van der Waals surface area (Å²) in [7, 11) is 0. The van der Waals surface area contributed by atoms with Crippen LogP contribution in [0.1, 0.15) is 49.6 Å². The molecular weight excluding hydrogens is 268 g/mol. The van der Waals surface area contributed by atoms with Gasteiger partial charge < -0.3 is 5.11 Å². The molecule has 0 aromatic carbocycles. The number of carboxylic acids is 1. The van der Waals surface area contributed by atoms with Crippen molar-refractivity contribution in [2.75, 3.05) is 0 Å². The molecule has 1 saturated carbocycles. The molecule has 0 amide bonds. The Morgan fingerprint density at radius 2 is 1.90 bits per heavy atom. The number of rotatable bonds is 4. The molecule has 116 valence electrons. The fourth-order valence-electron chi connectivity index (χ4n) is 3.23. The molecular formula is C16H24N2O3. The molecule has 0 radical (unpaired) electrons. The van der Waals surface area contributed by atoms with Crippen molar-refractivity contribution in [2.24, 2.45) is 11.8 Å². The van der Waals surface area contributed by atoms with E-state index in [0.717, 1.165) is 24.5 Å². The zero-order valence-corrected chi connectivity index (χ0v) is 13.1. The maximum atomic E-state index is 12.1. The molecule has 0 bridgehead atoms. The van der Waals surface area contributed by atoms with Crippen molar-refractivity contribution >= 4 is 5.97 Å². The summed E-state index contributed by atoms with van der Waals surface area (Å²) < 4.78 is 1.67. The average molecular weight is 292 g/mol. The zero-order chi connectivity index (χ0) is 15.6. The van der Waals surface area contributed by atoms with Crippen LogP contribution in [0.15, 0.2) is 4.79 Å². The summed E-state index contributed by atoms with van der Waals surface area (Å²) in [6.45, 7) is 6.47. The lowest BCUT2D eigenvalue weighted by Gasteiger charge is -2.27. The monoisotopic (exact) mass is 292 g/mol. The lowest BCUT2D eigenvalue weighted by molar-refractivity contribution is -0.136. The van der Waals surface area contributed by atoms with Crippen LogP contribution in [0.5, 0.6) is 0 Å². The molecule has 5 nitrogen and oxygen atoms in total. The zero-order valence-electron chi connectivity index (χ0n) is 13.1. The van der Waals surface area contributed by atoms with Gasteiger partial charge in [-0.2, -0.15) is 4.98 Å². The van der Waals surface area contributed by atoms with Crippen molar-refractivity contribution in [3.63, 3.8) is 0 Å². The van der Waals surface area contributed by atoms with Gasteiger partial charge in [0.2, 0.25) is 0 Å². The summed E-state index contributed by atoms with van der Waals surface area (Å²) in [6, 6.07) is 0.